The molecule has 0 aliphatic carbocycles. The Morgan fingerprint density at radius 3 is 3.17 bits per heavy atom. The van der Waals surface area contributed by atoms with Crippen molar-refractivity contribution < 1.29 is 9.53 Å². The highest BCUT2D eigenvalue weighted by Gasteiger charge is 2.15. The molecule has 1 amide bonds. The highest BCUT2D eigenvalue weighted by Crippen LogP contribution is 2.12. The van der Waals surface area contributed by atoms with E-state index in [0.717, 1.165) is 25.0 Å². The zero-order valence-corrected chi connectivity index (χ0v) is 10.8. The molecule has 1 aliphatic heterocycles. The standard InChI is InChI=1S/C14H16ClNO2/c15-12-4-1-3-11(9-12)6-7-14(17)16-10-13-5-2-8-18-13/h1,3-4,6-7,9,13H,2,5,8,10H2,(H,16,17). The van der Waals surface area contributed by atoms with Crippen LogP contribution in [0.1, 0.15) is 18.4 Å². The Bertz CT molecular complexity index is 439. The van der Waals surface area contributed by atoms with E-state index < -0.39 is 0 Å². The summed E-state index contributed by atoms with van der Waals surface area (Å²) in [6, 6.07) is 7.36. The number of hydrogen-bond acceptors (Lipinski definition) is 2. The molecule has 0 spiro atoms. The molecule has 1 N–H and O–H groups in total. The second-order valence-electron chi connectivity index (χ2n) is 4.27. The molecule has 96 valence electrons. The number of carbonyl (C=O) groups excluding carboxylic acids is 1. The van der Waals surface area contributed by atoms with Gasteiger partial charge < -0.3 is 10.1 Å². The highest BCUT2D eigenvalue weighted by atomic mass is 35.5. The second-order valence-corrected chi connectivity index (χ2v) is 4.70. The van der Waals surface area contributed by atoms with Crippen LogP contribution in [0, 0.1) is 0 Å². The number of hydrogen-bond donors (Lipinski definition) is 1. The van der Waals surface area contributed by atoms with Gasteiger partial charge in [-0.15, -0.1) is 0 Å². The third kappa shape index (κ3) is 4.17. The summed E-state index contributed by atoms with van der Waals surface area (Å²) in [4.78, 5) is 11.6. The maximum absolute atomic E-state index is 11.6. The van der Waals surface area contributed by atoms with Gasteiger partial charge in [0, 0.05) is 24.3 Å². The van der Waals surface area contributed by atoms with E-state index in [9.17, 15) is 4.79 Å². The molecule has 3 nitrogen and oxygen atoms in total. The summed E-state index contributed by atoms with van der Waals surface area (Å²) in [5.41, 5.74) is 0.912. The molecular weight excluding hydrogens is 250 g/mol. The summed E-state index contributed by atoms with van der Waals surface area (Å²) < 4.78 is 5.43. The lowest BCUT2D eigenvalue weighted by Gasteiger charge is -2.08. The quantitative estimate of drug-likeness (QED) is 0.850. The molecule has 0 saturated carbocycles. The fraction of sp³-hybridized carbons (Fsp3) is 0.357. The van der Waals surface area contributed by atoms with Gasteiger partial charge in [0.1, 0.15) is 0 Å². The Kier molecular flexibility index (Phi) is 4.79. The Labute approximate surface area is 112 Å². The summed E-state index contributed by atoms with van der Waals surface area (Å²) in [6.07, 6.45) is 5.54. The maximum Gasteiger partial charge on any atom is 0.244 e. The number of rotatable bonds is 4. The van der Waals surface area contributed by atoms with E-state index in [1.54, 1.807) is 12.1 Å². The van der Waals surface area contributed by atoms with Crippen molar-refractivity contribution in [1.29, 1.82) is 0 Å². The maximum atomic E-state index is 11.6. The van der Waals surface area contributed by atoms with Crippen LogP contribution in [0.2, 0.25) is 5.02 Å². The number of benzene rings is 1. The first-order valence-corrected chi connectivity index (χ1v) is 6.45. The first-order chi connectivity index (χ1) is 8.74. The van der Waals surface area contributed by atoms with Gasteiger partial charge in [-0.1, -0.05) is 23.7 Å². The smallest absolute Gasteiger partial charge is 0.244 e. The second kappa shape index (κ2) is 6.57. The van der Waals surface area contributed by atoms with Crippen molar-refractivity contribution in [2.45, 2.75) is 18.9 Å². The van der Waals surface area contributed by atoms with Crippen molar-refractivity contribution in [2.75, 3.05) is 13.2 Å². The van der Waals surface area contributed by atoms with Crippen LogP contribution in [-0.4, -0.2) is 25.2 Å². The molecule has 1 unspecified atom stereocenters. The van der Waals surface area contributed by atoms with Gasteiger partial charge in [0.2, 0.25) is 5.91 Å². The van der Waals surface area contributed by atoms with Crippen LogP contribution in [-0.2, 0) is 9.53 Å². The van der Waals surface area contributed by atoms with Crippen molar-refractivity contribution in [1.82, 2.24) is 5.32 Å². The Balaban J connectivity index is 1.79. The van der Waals surface area contributed by atoms with E-state index in [1.807, 2.05) is 18.2 Å². The molecule has 18 heavy (non-hydrogen) atoms. The number of carbonyl (C=O) groups is 1. The number of nitrogens with one attached hydrogen (secondary N) is 1. The topological polar surface area (TPSA) is 38.3 Å². The molecule has 0 aromatic heterocycles. The lowest BCUT2D eigenvalue weighted by Crippen LogP contribution is -2.30. The fourth-order valence-electron chi connectivity index (χ4n) is 1.86. The Hall–Kier alpha value is -1.32. The van der Waals surface area contributed by atoms with Gasteiger partial charge in [0.25, 0.3) is 0 Å². The molecule has 1 aromatic carbocycles. The van der Waals surface area contributed by atoms with E-state index in [4.69, 9.17) is 16.3 Å². The third-order valence-electron chi connectivity index (χ3n) is 2.80. The zero-order chi connectivity index (χ0) is 12.8. The minimum atomic E-state index is -0.106. The lowest BCUT2D eigenvalue weighted by atomic mass is 10.2. The average molecular weight is 266 g/mol. The fourth-order valence-corrected chi connectivity index (χ4v) is 2.06. The summed E-state index contributed by atoms with van der Waals surface area (Å²) in [5.74, 6) is -0.106. The Morgan fingerprint density at radius 2 is 2.44 bits per heavy atom. The first kappa shape index (κ1) is 13.1. The van der Waals surface area contributed by atoms with Crippen LogP contribution in [0.3, 0.4) is 0 Å². The van der Waals surface area contributed by atoms with E-state index in [-0.39, 0.29) is 12.0 Å². The molecule has 1 saturated heterocycles. The Morgan fingerprint density at radius 1 is 1.56 bits per heavy atom. The normalized spacial score (nSPS) is 19.3. The monoisotopic (exact) mass is 265 g/mol. The summed E-state index contributed by atoms with van der Waals surface area (Å²) in [5, 5.41) is 3.49. The summed E-state index contributed by atoms with van der Waals surface area (Å²) >= 11 is 5.86. The largest absolute Gasteiger partial charge is 0.376 e. The van der Waals surface area contributed by atoms with Gasteiger partial charge in [-0.05, 0) is 36.6 Å². The summed E-state index contributed by atoms with van der Waals surface area (Å²) in [7, 11) is 0. The predicted molar refractivity (Wildman–Crippen MR) is 72.5 cm³/mol. The van der Waals surface area contributed by atoms with Crippen LogP contribution in [0.25, 0.3) is 6.08 Å². The first-order valence-electron chi connectivity index (χ1n) is 6.07. The summed E-state index contributed by atoms with van der Waals surface area (Å²) in [6.45, 7) is 1.39. The SMILES string of the molecule is O=C(C=Cc1cccc(Cl)c1)NCC1CCCO1. The van der Waals surface area contributed by atoms with Gasteiger partial charge >= 0.3 is 0 Å². The molecule has 1 atom stereocenters. The van der Waals surface area contributed by atoms with Crippen molar-refractivity contribution in [2.24, 2.45) is 0 Å². The molecule has 2 rings (SSSR count). The van der Waals surface area contributed by atoms with Crippen molar-refractivity contribution >= 4 is 23.6 Å². The van der Waals surface area contributed by atoms with Crippen molar-refractivity contribution in [3.8, 4) is 0 Å². The molecule has 0 radical (unpaired) electrons. The van der Waals surface area contributed by atoms with Gasteiger partial charge in [0.15, 0.2) is 0 Å². The molecule has 1 heterocycles. The zero-order valence-electron chi connectivity index (χ0n) is 10.1. The minimum Gasteiger partial charge on any atom is -0.376 e. The van der Waals surface area contributed by atoms with Crippen LogP contribution in [0.15, 0.2) is 30.3 Å². The molecule has 1 aromatic rings. The van der Waals surface area contributed by atoms with Crippen LogP contribution in [0.5, 0.6) is 0 Å². The molecule has 0 bridgehead atoms. The average Bonchev–Trinajstić information content (AvgIpc) is 2.87. The molecule has 1 aliphatic rings. The van der Waals surface area contributed by atoms with E-state index in [2.05, 4.69) is 5.32 Å². The van der Waals surface area contributed by atoms with E-state index >= 15 is 0 Å². The van der Waals surface area contributed by atoms with E-state index in [1.165, 1.54) is 6.08 Å². The number of ether oxygens (including phenoxy) is 1. The van der Waals surface area contributed by atoms with Gasteiger partial charge in [-0.3, -0.25) is 4.79 Å². The molecular formula is C14H16ClNO2. The molecule has 4 heteroatoms. The number of halogens is 1. The van der Waals surface area contributed by atoms with Gasteiger partial charge in [-0.2, -0.15) is 0 Å². The van der Waals surface area contributed by atoms with Crippen molar-refractivity contribution in [3.63, 3.8) is 0 Å². The van der Waals surface area contributed by atoms with Crippen LogP contribution in [0.4, 0.5) is 0 Å². The van der Waals surface area contributed by atoms with Crippen molar-refractivity contribution in [3.05, 3.63) is 40.9 Å². The predicted octanol–water partition coefficient (Wildman–Crippen LogP) is 2.65. The molecule has 1 fully saturated rings. The minimum absolute atomic E-state index is 0.106. The van der Waals surface area contributed by atoms with Crippen LogP contribution < -0.4 is 5.32 Å². The lowest BCUT2D eigenvalue weighted by molar-refractivity contribution is -0.116. The van der Waals surface area contributed by atoms with Gasteiger partial charge in [-0.25, -0.2) is 0 Å². The highest BCUT2D eigenvalue weighted by molar-refractivity contribution is 6.30. The van der Waals surface area contributed by atoms with Crippen LogP contribution >= 0.6 is 11.6 Å². The van der Waals surface area contributed by atoms with Gasteiger partial charge in [0.05, 0.1) is 6.10 Å². The van der Waals surface area contributed by atoms with E-state index in [0.29, 0.717) is 11.6 Å². The number of amides is 1. The third-order valence-corrected chi connectivity index (χ3v) is 3.04.